The number of anilines is 2. The van der Waals surface area contributed by atoms with Gasteiger partial charge in [-0.1, -0.05) is 31.2 Å². The molecule has 0 aliphatic rings. The molecule has 8 heteroatoms. The van der Waals surface area contributed by atoms with Crippen molar-refractivity contribution in [1.82, 2.24) is 5.32 Å². The van der Waals surface area contributed by atoms with Gasteiger partial charge in [0.25, 0.3) is 11.8 Å². The Hall–Kier alpha value is -4.30. The Morgan fingerprint density at radius 3 is 2.51 bits per heavy atom. The molecule has 0 saturated carbocycles. The zero-order valence-corrected chi connectivity index (χ0v) is 21.0. The summed E-state index contributed by atoms with van der Waals surface area (Å²) < 4.78 is 17.3. The van der Waals surface area contributed by atoms with E-state index >= 15 is 0 Å². The van der Waals surface area contributed by atoms with E-state index in [1.165, 1.54) is 0 Å². The fourth-order valence-electron chi connectivity index (χ4n) is 3.86. The molecular formula is C29H31N3O5. The normalized spacial score (nSPS) is 11.7. The van der Waals surface area contributed by atoms with Crippen LogP contribution in [0.4, 0.5) is 11.4 Å². The van der Waals surface area contributed by atoms with Crippen molar-refractivity contribution in [3.8, 4) is 5.75 Å². The van der Waals surface area contributed by atoms with Gasteiger partial charge in [0.1, 0.15) is 17.9 Å². The summed E-state index contributed by atoms with van der Waals surface area (Å²) in [6.07, 6.45) is 0.838. The number of furan rings is 1. The van der Waals surface area contributed by atoms with Gasteiger partial charge in [0.15, 0.2) is 5.76 Å². The maximum absolute atomic E-state index is 12.6. The highest BCUT2D eigenvalue weighted by molar-refractivity contribution is 6.05. The van der Waals surface area contributed by atoms with Crippen LogP contribution < -0.4 is 21.1 Å². The monoisotopic (exact) mass is 501 g/mol. The Bertz CT molecular complexity index is 1360. The minimum Gasteiger partial charge on any atom is -0.492 e. The van der Waals surface area contributed by atoms with Crippen molar-refractivity contribution in [2.75, 3.05) is 30.8 Å². The van der Waals surface area contributed by atoms with Crippen LogP contribution in [0, 0.1) is 0 Å². The van der Waals surface area contributed by atoms with Gasteiger partial charge in [0.2, 0.25) is 0 Å². The fourth-order valence-corrected chi connectivity index (χ4v) is 3.86. The molecule has 192 valence electrons. The predicted octanol–water partition coefficient (Wildman–Crippen LogP) is 5.56. The van der Waals surface area contributed by atoms with Crippen LogP contribution in [0.15, 0.2) is 77.2 Å². The van der Waals surface area contributed by atoms with Crippen LogP contribution in [0.1, 0.15) is 52.8 Å². The number of nitrogen functional groups attached to an aromatic ring is 1. The summed E-state index contributed by atoms with van der Waals surface area (Å²) >= 11 is 0. The molecule has 1 atom stereocenters. The van der Waals surface area contributed by atoms with Crippen molar-refractivity contribution in [3.05, 3.63) is 89.7 Å². The lowest BCUT2D eigenvalue weighted by Crippen LogP contribution is -2.27. The first-order valence-electron chi connectivity index (χ1n) is 12.3. The van der Waals surface area contributed by atoms with Gasteiger partial charge in [-0.2, -0.15) is 0 Å². The molecule has 0 aliphatic heterocycles. The topological polar surface area (TPSA) is 116 Å². The van der Waals surface area contributed by atoms with E-state index in [0.717, 1.165) is 17.4 Å². The first-order valence-corrected chi connectivity index (χ1v) is 12.3. The SMILES string of the molecule is CCCOC(C)c1cccc2oc(C(=O)NCCOc3ccc(C(=O)Nc4ccccc4N)cc3)cc12. The van der Waals surface area contributed by atoms with Gasteiger partial charge in [-0.3, -0.25) is 9.59 Å². The van der Waals surface area contributed by atoms with E-state index in [2.05, 4.69) is 17.6 Å². The molecule has 2 amide bonds. The molecule has 37 heavy (non-hydrogen) atoms. The van der Waals surface area contributed by atoms with Crippen molar-refractivity contribution in [1.29, 1.82) is 0 Å². The Kier molecular flexibility index (Phi) is 8.43. The van der Waals surface area contributed by atoms with Crippen LogP contribution in [-0.2, 0) is 4.74 Å². The molecule has 0 spiro atoms. The summed E-state index contributed by atoms with van der Waals surface area (Å²) in [7, 11) is 0. The summed E-state index contributed by atoms with van der Waals surface area (Å²) in [5.74, 6) is 0.233. The average molecular weight is 502 g/mol. The smallest absolute Gasteiger partial charge is 0.287 e. The zero-order chi connectivity index (χ0) is 26.2. The lowest BCUT2D eigenvalue weighted by molar-refractivity contribution is 0.0672. The van der Waals surface area contributed by atoms with Gasteiger partial charge in [0.05, 0.1) is 24.0 Å². The number of hydrogen-bond donors (Lipinski definition) is 3. The number of carbonyl (C=O) groups is 2. The van der Waals surface area contributed by atoms with Gasteiger partial charge in [-0.15, -0.1) is 0 Å². The standard InChI is InChI=1S/C29H31N3O5/c1-3-16-35-19(2)22-7-6-10-26-23(22)18-27(37-26)29(34)31-15-17-36-21-13-11-20(12-14-21)28(33)32-25-9-5-4-8-24(25)30/h4-14,18-19H,3,15-17,30H2,1-2H3,(H,31,34)(H,32,33). The number of fused-ring (bicyclic) bond motifs is 1. The fraction of sp³-hybridized carbons (Fsp3) is 0.241. The molecule has 0 aliphatic carbocycles. The number of rotatable bonds is 11. The average Bonchev–Trinajstić information content (AvgIpc) is 3.36. The number of nitrogens with two attached hydrogens (primary N) is 1. The molecule has 0 saturated heterocycles. The van der Waals surface area contributed by atoms with E-state index in [0.29, 0.717) is 34.9 Å². The third-order valence-corrected chi connectivity index (χ3v) is 5.81. The Balaban J connectivity index is 1.27. The van der Waals surface area contributed by atoms with Crippen molar-refractivity contribution in [2.45, 2.75) is 26.4 Å². The number of amides is 2. The van der Waals surface area contributed by atoms with Gasteiger partial charge in [-0.25, -0.2) is 0 Å². The Morgan fingerprint density at radius 1 is 0.973 bits per heavy atom. The van der Waals surface area contributed by atoms with Gasteiger partial charge in [0, 0.05) is 17.6 Å². The highest BCUT2D eigenvalue weighted by Gasteiger charge is 2.17. The van der Waals surface area contributed by atoms with Crippen LogP contribution in [0.5, 0.6) is 5.75 Å². The summed E-state index contributed by atoms with van der Waals surface area (Å²) in [6.45, 7) is 5.27. The first kappa shape index (κ1) is 25.8. The maximum Gasteiger partial charge on any atom is 0.287 e. The number of nitrogens with one attached hydrogen (secondary N) is 2. The largest absolute Gasteiger partial charge is 0.492 e. The van der Waals surface area contributed by atoms with Crippen molar-refractivity contribution in [3.63, 3.8) is 0 Å². The van der Waals surface area contributed by atoms with Crippen LogP contribution >= 0.6 is 0 Å². The highest BCUT2D eigenvalue weighted by atomic mass is 16.5. The molecule has 3 aromatic carbocycles. The zero-order valence-electron chi connectivity index (χ0n) is 21.0. The lowest BCUT2D eigenvalue weighted by Gasteiger charge is -2.13. The van der Waals surface area contributed by atoms with E-state index in [1.807, 2.05) is 25.1 Å². The van der Waals surface area contributed by atoms with Crippen LogP contribution in [0.25, 0.3) is 11.0 Å². The quantitative estimate of drug-likeness (QED) is 0.183. The molecule has 0 fully saturated rings. The van der Waals surface area contributed by atoms with Crippen LogP contribution in [0.3, 0.4) is 0 Å². The third-order valence-electron chi connectivity index (χ3n) is 5.81. The van der Waals surface area contributed by atoms with Gasteiger partial charge >= 0.3 is 0 Å². The maximum atomic E-state index is 12.6. The molecule has 4 rings (SSSR count). The Labute approximate surface area is 215 Å². The second-order valence-electron chi connectivity index (χ2n) is 8.55. The lowest BCUT2D eigenvalue weighted by atomic mass is 10.1. The van der Waals surface area contributed by atoms with Crippen LogP contribution in [0.2, 0.25) is 0 Å². The molecule has 4 N–H and O–H groups in total. The third kappa shape index (κ3) is 6.48. The molecule has 0 bridgehead atoms. The number of hydrogen-bond acceptors (Lipinski definition) is 6. The highest BCUT2D eigenvalue weighted by Crippen LogP contribution is 2.29. The van der Waals surface area contributed by atoms with Gasteiger partial charge in [-0.05, 0) is 67.4 Å². The molecule has 1 aromatic heterocycles. The van der Waals surface area contributed by atoms with Crippen LogP contribution in [-0.4, -0.2) is 31.6 Å². The van der Waals surface area contributed by atoms with E-state index in [1.54, 1.807) is 54.6 Å². The number of para-hydroxylation sites is 2. The van der Waals surface area contributed by atoms with E-state index in [4.69, 9.17) is 19.6 Å². The van der Waals surface area contributed by atoms with E-state index in [9.17, 15) is 9.59 Å². The van der Waals surface area contributed by atoms with E-state index in [-0.39, 0.29) is 36.8 Å². The van der Waals surface area contributed by atoms with Crippen molar-refractivity contribution < 1.29 is 23.5 Å². The summed E-state index contributed by atoms with van der Waals surface area (Å²) in [5.41, 5.74) is 9.04. The summed E-state index contributed by atoms with van der Waals surface area (Å²) in [5, 5.41) is 6.46. The minimum atomic E-state index is -0.319. The second-order valence-corrected chi connectivity index (χ2v) is 8.55. The van der Waals surface area contributed by atoms with Gasteiger partial charge < -0.3 is 30.3 Å². The van der Waals surface area contributed by atoms with Crippen molar-refractivity contribution >= 4 is 34.2 Å². The molecule has 8 nitrogen and oxygen atoms in total. The summed E-state index contributed by atoms with van der Waals surface area (Å²) in [6, 6.07) is 21.3. The predicted molar refractivity (Wildman–Crippen MR) is 144 cm³/mol. The molecular weight excluding hydrogens is 470 g/mol. The molecule has 1 unspecified atom stereocenters. The molecule has 1 heterocycles. The second kappa shape index (κ2) is 12.1. The number of benzene rings is 3. The number of ether oxygens (including phenoxy) is 2. The van der Waals surface area contributed by atoms with E-state index < -0.39 is 0 Å². The Morgan fingerprint density at radius 2 is 1.76 bits per heavy atom. The van der Waals surface area contributed by atoms with Crippen molar-refractivity contribution in [2.24, 2.45) is 0 Å². The minimum absolute atomic E-state index is 0.0977. The molecule has 0 radical (unpaired) electrons. The number of carbonyl (C=O) groups excluding carboxylic acids is 2. The molecule has 4 aromatic rings. The summed E-state index contributed by atoms with van der Waals surface area (Å²) in [4.78, 5) is 25.1. The first-order chi connectivity index (χ1) is 18.0.